The highest BCUT2D eigenvalue weighted by Crippen LogP contribution is 2.29. The molecule has 0 atom stereocenters. The molecule has 124 valence electrons. The van der Waals surface area contributed by atoms with Crippen LogP contribution < -0.4 is 10.6 Å². The fraction of sp³-hybridized carbons (Fsp3) is 0.474. The van der Waals surface area contributed by atoms with Crippen molar-refractivity contribution in [3.05, 3.63) is 41.6 Å². The van der Waals surface area contributed by atoms with Gasteiger partial charge in [-0.2, -0.15) is 4.98 Å². The van der Waals surface area contributed by atoms with E-state index >= 15 is 0 Å². The van der Waals surface area contributed by atoms with Gasteiger partial charge in [-0.3, -0.25) is 0 Å². The van der Waals surface area contributed by atoms with E-state index in [4.69, 9.17) is 0 Å². The first-order valence-corrected chi connectivity index (χ1v) is 8.40. The predicted molar refractivity (Wildman–Crippen MR) is 98.5 cm³/mol. The van der Waals surface area contributed by atoms with E-state index in [0.29, 0.717) is 17.8 Å². The molecule has 4 nitrogen and oxygen atoms in total. The van der Waals surface area contributed by atoms with Crippen molar-refractivity contribution in [2.75, 3.05) is 17.2 Å². The molecule has 0 aliphatic rings. The zero-order valence-corrected chi connectivity index (χ0v) is 14.9. The van der Waals surface area contributed by atoms with Gasteiger partial charge in [0.1, 0.15) is 5.82 Å². The Morgan fingerprint density at radius 3 is 2.57 bits per heavy atom. The Hall–Kier alpha value is -2.10. The number of hydrogen-bond acceptors (Lipinski definition) is 4. The van der Waals surface area contributed by atoms with Crippen LogP contribution in [-0.2, 0) is 0 Å². The van der Waals surface area contributed by atoms with Gasteiger partial charge in [0.2, 0.25) is 5.95 Å². The minimum Gasteiger partial charge on any atom is -0.354 e. The molecule has 0 saturated carbocycles. The van der Waals surface area contributed by atoms with Crippen LogP contribution in [0, 0.1) is 12.8 Å². The fourth-order valence-electron chi connectivity index (χ4n) is 2.46. The molecule has 0 bridgehead atoms. The van der Waals surface area contributed by atoms with Crippen molar-refractivity contribution < 1.29 is 0 Å². The van der Waals surface area contributed by atoms with E-state index in [-0.39, 0.29) is 0 Å². The third-order valence-electron chi connectivity index (χ3n) is 3.84. The molecule has 23 heavy (non-hydrogen) atoms. The fourth-order valence-corrected chi connectivity index (χ4v) is 2.46. The molecule has 2 aromatic rings. The summed E-state index contributed by atoms with van der Waals surface area (Å²) in [5.41, 5.74) is 3.68. The lowest BCUT2D eigenvalue weighted by Crippen LogP contribution is -2.09. The Morgan fingerprint density at radius 2 is 1.87 bits per heavy atom. The van der Waals surface area contributed by atoms with E-state index in [9.17, 15) is 0 Å². The molecule has 2 rings (SSSR count). The minimum absolute atomic E-state index is 0.461. The molecular weight excluding hydrogens is 284 g/mol. The summed E-state index contributed by atoms with van der Waals surface area (Å²) < 4.78 is 0. The average Bonchev–Trinajstić information content (AvgIpc) is 2.49. The number of benzene rings is 1. The molecule has 2 N–H and O–H groups in total. The first kappa shape index (κ1) is 17.3. The number of aryl methyl sites for hydroxylation is 1. The van der Waals surface area contributed by atoms with Crippen LogP contribution in [0.4, 0.5) is 17.5 Å². The molecule has 4 heteroatoms. The maximum absolute atomic E-state index is 4.57. The molecule has 1 heterocycles. The highest BCUT2D eigenvalue weighted by Gasteiger charge is 2.10. The predicted octanol–water partition coefficient (Wildman–Crippen LogP) is 5.11. The van der Waals surface area contributed by atoms with Crippen LogP contribution in [0.5, 0.6) is 0 Å². The monoisotopic (exact) mass is 312 g/mol. The van der Waals surface area contributed by atoms with Crippen LogP contribution in [0.2, 0.25) is 0 Å². The molecule has 0 aliphatic heterocycles. The lowest BCUT2D eigenvalue weighted by Gasteiger charge is -2.17. The Labute approximate surface area is 139 Å². The van der Waals surface area contributed by atoms with Gasteiger partial charge in [-0.05, 0) is 42.4 Å². The summed E-state index contributed by atoms with van der Waals surface area (Å²) >= 11 is 0. The van der Waals surface area contributed by atoms with Crippen LogP contribution in [0.25, 0.3) is 0 Å². The molecule has 0 aliphatic carbocycles. The summed E-state index contributed by atoms with van der Waals surface area (Å²) in [4.78, 5) is 8.87. The maximum Gasteiger partial charge on any atom is 0.224 e. The summed E-state index contributed by atoms with van der Waals surface area (Å²) in [6, 6.07) is 8.30. The molecule has 0 amide bonds. The van der Waals surface area contributed by atoms with Crippen molar-refractivity contribution in [3.8, 4) is 0 Å². The van der Waals surface area contributed by atoms with Crippen LogP contribution in [-0.4, -0.2) is 16.5 Å². The standard InChI is InChI=1S/C19H28N4/c1-13(2)9-11-20-19-21-12-10-17(23-19)22-18-15(5)7-6-8-16(18)14(3)4/h6-8,10,12-14H,9,11H2,1-5H3,(H2,20,21,22,23). The number of aromatic nitrogens is 2. The largest absolute Gasteiger partial charge is 0.354 e. The summed E-state index contributed by atoms with van der Waals surface area (Å²) in [7, 11) is 0. The van der Waals surface area contributed by atoms with Crippen LogP contribution in [0.3, 0.4) is 0 Å². The summed E-state index contributed by atoms with van der Waals surface area (Å²) in [5.74, 6) is 2.63. The number of nitrogens with zero attached hydrogens (tertiary/aromatic N) is 2. The molecule has 0 fully saturated rings. The van der Waals surface area contributed by atoms with E-state index in [1.165, 1.54) is 11.1 Å². The van der Waals surface area contributed by atoms with Gasteiger partial charge in [0, 0.05) is 18.4 Å². The van der Waals surface area contributed by atoms with E-state index in [1.54, 1.807) is 6.20 Å². The van der Waals surface area contributed by atoms with Crippen molar-refractivity contribution >= 4 is 17.5 Å². The van der Waals surface area contributed by atoms with E-state index in [1.807, 2.05) is 6.07 Å². The Morgan fingerprint density at radius 1 is 1.09 bits per heavy atom. The van der Waals surface area contributed by atoms with E-state index in [2.05, 4.69) is 73.4 Å². The lowest BCUT2D eigenvalue weighted by molar-refractivity contribution is 0.606. The zero-order chi connectivity index (χ0) is 16.8. The highest BCUT2D eigenvalue weighted by atomic mass is 15.1. The molecule has 0 radical (unpaired) electrons. The van der Waals surface area contributed by atoms with Gasteiger partial charge in [-0.25, -0.2) is 4.98 Å². The smallest absolute Gasteiger partial charge is 0.224 e. The second kappa shape index (κ2) is 7.95. The molecule has 0 unspecified atom stereocenters. The van der Waals surface area contributed by atoms with Gasteiger partial charge in [0.25, 0.3) is 0 Å². The van der Waals surface area contributed by atoms with Crippen molar-refractivity contribution in [2.45, 2.75) is 47.0 Å². The topological polar surface area (TPSA) is 49.8 Å². The molecule has 1 aromatic heterocycles. The number of para-hydroxylation sites is 1. The molecule has 0 spiro atoms. The Balaban J connectivity index is 2.15. The van der Waals surface area contributed by atoms with Gasteiger partial charge < -0.3 is 10.6 Å². The van der Waals surface area contributed by atoms with Gasteiger partial charge in [0.05, 0.1) is 0 Å². The maximum atomic E-state index is 4.57. The SMILES string of the molecule is Cc1cccc(C(C)C)c1Nc1ccnc(NCCC(C)C)n1. The third kappa shape index (κ3) is 4.95. The van der Waals surface area contributed by atoms with E-state index in [0.717, 1.165) is 24.5 Å². The second-order valence-electron chi connectivity index (χ2n) is 6.69. The average molecular weight is 312 g/mol. The number of nitrogens with one attached hydrogen (secondary N) is 2. The van der Waals surface area contributed by atoms with Crippen LogP contribution in [0.1, 0.15) is 51.2 Å². The Bertz CT molecular complexity index is 635. The normalized spacial score (nSPS) is 11.1. The quantitative estimate of drug-likeness (QED) is 0.746. The van der Waals surface area contributed by atoms with Gasteiger partial charge in [-0.15, -0.1) is 0 Å². The second-order valence-corrected chi connectivity index (χ2v) is 6.69. The van der Waals surface area contributed by atoms with Crippen molar-refractivity contribution in [3.63, 3.8) is 0 Å². The van der Waals surface area contributed by atoms with E-state index < -0.39 is 0 Å². The third-order valence-corrected chi connectivity index (χ3v) is 3.84. The summed E-state index contributed by atoms with van der Waals surface area (Å²) in [6.07, 6.45) is 2.90. The first-order chi connectivity index (χ1) is 11.0. The summed E-state index contributed by atoms with van der Waals surface area (Å²) in [6.45, 7) is 11.9. The molecule has 0 saturated heterocycles. The Kier molecular flexibility index (Phi) is 5.97. The highest BCUT2D eigenvalue weighted by molar-refractivity contribution is 5.65. The van der Waals surface area contributed by atoms with Crippen molar-refractivity contribution in [2.24, 2.45) is 5.92 Å². The van der Waals surface area contributed by atoms with Gasteiger partial charge in [0.15, 0.2) is 0 Å². The van der Waals surface area contributed by atoms with Crippen molar-refractivity contribution in [1.82, 2.24) is 9.97 Å². The van der Waals surface area contributed by atoms with Crippen LogP contribution >= 0.6 is 0 Å². The lowest BCUT2D eigenvalue weighted by atomic mass is 9.98. The minimum atomic E-state index is 0.461. The molecular formula is C19H28N4. The number of rotatable bonds is 7. The van der Waals surface area contributed by atoms with Gasteiger partial charge in [-0.1, -0.05) is 45.9 Å². The van der Waals surface area contributed by atoms with Gasteiger partial charge >= 0.3 is 0 Å². The first-order valence-electron chi connectivity index (χ1n) is 8.40. The number of anilines is 3. The summed E-state index contributed by atoms with van der Waals surface area (Å²) in [5, 5.41) is 6.76. The number of hydrogen-bond donors (Lipinski definition) is 2. The zero-order valence-electron chi connectivity index (χ0n) is 14.9. The van der Waals surface area contributed by atoms with Crippen molar-refractivity contribution in [1.29, 1.82) is 0 Å². The van der Waals surface area contributed by atoms with Crippen LogP contribution in [0.15, 0.2) is 30.5 Å². The molecule has 1 aromatic carbocycles.